The van der Waals surface area contributed by atoms with Crippen molar-refractivity contribution in [3.05, 3.63) is 0 Å². The highest BCUT2D eigenvalue weighted by atomic mass is 16.2. The highest BCUT2D eigenvalue weighted by Crippen LogP contribution is 2.01. The predicted octanol–water partition coefficient (Wildman–Crippen LogP) is 2.28. The molecule has 0 spiro atoms. The molecule has 6 nitrogen and oxygen atoms in total. The predicted molar refractivity (Wildman–Crippen MR) is 96.5 cm³/mol. The first-order chi connectivity index (χ1) is 11.6. The average molecular weight is 341 g/mol. The Hall–Kier alpha value is -1.59. The number of nitrogens with one attached hydrogen (secondary N) is 3. The third kappa shape index (κ3) is 15.3. The molecule has 6 heteroatoms. The van der Waals surface area contributed by atoms with Crippen LogP contribution in [-0.4, -0.2) is 37.4 Å². The highest BCUT2D eigenvalue weighted by Gasteiger charge is 2.02. The van der Waals surface area contributed by atoms with Crippen LogP contribution in [0, 0.1) is 0 Å². The summed E-state index contributed by atoms with van der Waals surface area (Å²) >= 11 is 0. The van der Waals surface area contributed by atoms with Gasteiger partial charge in [-0.2, -0.15) is 0 Å². The Balaban J connectivity index is 3.32. The van der Waals surface area contributed by atoms with Gasteiger partial charge in [-0.1, -0.05) is 26.7 Å². The van der Waals surface area contributed by atoms with Gasteiger partial charge in [0.25, 0.3) is 0 Å². The van der Waals surface area contributed by atoms with Gasteiger partial charge in [-0.25, -0.2) is 0 Å². The lowest BCUT2D eigenvalue weighted by Crippen LogP contribution is -2.25. The number of hydrogen-bond acceptors (Lipinski definition) is 3. The van der Waals surface area contributed by atoms with E-state index >= 15 is 0 Å². The molecule has 0 aromatic heterocycles. The lowest BCUT2D eigenvalue weighted by molar-refractivity contribution is -0.122. The minimum atomic E-state index is 0.0792. The van der Waals surface area contributed by atoms with Crippen molar-refractivity contribution >= 4 is 17.7 Å². The molecule has 0 atom stereocenters. The second-order valence-electron chi connectivity index (χ2n) is 6.02. The Labute approximate surface area is 146 Å². The Morgan fingerprint density at radius 3 is 1.50 bits per heavy atom. The molecule has 0 aliphatic rings. The Bertz CT molecular complexity index is 359. The van der Waals surface area contributed by atoms with Gasteiger partial charge in [0.05, 0.1) is 0 Å². The quantitative estimate of drug-likeness (QED) is 0.399. The number of carbonyl (C=O) groups excluding carboxylic acids is 3. The fourth-order valence-corrected chi connectivity index (χ4v) is 2.20. The minimum absolute atomic E-state index is 0.0792. The van der Waals surface area contributed by atoms with Crippen LogP contribution in [0.15, 0.2) is 0 Å². The van der Waals surface area contributed by atoms with Crippen molar-refractivity contribution in [2.75, 3.05) is 19.6 Å². The van der Waals surface area contributed by atoms with Crippen LogP contribution in [0.1, 0.15) is 78.1 Å². The van der Waals surface area contributed by atoms with E-state index in [1.54, 1.807) is 0 Å². The molecule has 0 aliphatic heterocycles. The summed E-state index contributed by atoms with van der Waals surface area (Å²) in [6, 6.07) is 0. The number of hydrogen-bond donors (Lipinski definition) is 3. The summed E-state index contributed by atoms with van der Waals surface area (Å²) in [5, 5.41) is 8.60. The molecule has 0 fully saturated rings. The first-order valence-electron chi connectivity index (χ1n) is 9.40. The monoisotopic (exact) mass is 341 g/mol. The second kappa shape index (κ2) is 16.3. The summed E-state index contributed by atoms with van der Waals surface area (Å²) < 4.78 is 0. The van der Waals surface area contributed by atoms with Gasteiger partial charge in [-0.05, 0) is 32.1 Å². The van der Waals surface area contributed by atoms with E-state index in [9.17, 15) is 14.4 Å². The van der Waals surface area contributed by atoms with E-state index in [0.29, 0.717) is 32.4 Å². The first kappa shape index (κ1) is 22.4. The van der Waals surface area contributed by atoms with Gasteiger partial charge >= 0.3 is 0 Å². The Morgan fingerprint density at radius 2 is 1.04 bits per heavy atom. The number of amides is 3. The van der Waals surface area contributed by atoms with Crippen molar-refractivity contribution in [2.24, 2.45) is 0 Å². The Morgan fingerprint density at radius 1 is 0.583 bits per heavy atom. The number of unbranched alkanes of at least 4 members (excludes halogenated alkanes) is 4. The van der Waals surface area contributed by atoms with Gasteiger partial charge < -0.3 is 16.0 Å². The van der Waals surface area contributed by atoms with E-state index in [-0.39, 0.29) is 17.7 Å². The van der Waals surface area contributed by atoms with Crippen molar-refractivity contribution in [2.45, 2.75) is 78.1 Å². The molecule has 24 heavy (non-hydrogen) atoms. The van der Waals surface area contributed by atoms with Gasteiger partial charge in [0.1, 0.15) is 0 Å². The summed E-state index contributed by atoms with van der Waals surface area (Å²) in [7, 11) is 0. The van der Waals surface area contributed by atoms with E-state index < -0.39 is 0 Å². The first-order valence-corrected chi connectivity index (χ1v) is 9.40. The molecule has 0 aliphatic carbocycles. The standard InChI is InChI=1S/C18H35N3O3/c1-3-13-19-17(23)11-7-6-10-15-21-18(24)12-8-5-9-14-20-16(22)4-2/h3-15H2,1-2H3,(H,19,23)(H,20,22)(H,21,24). The third-order valence-corrected chi connectivity index (χ3v) is 3.70. The SMILES string of the molecule is CCCNC(=O)CCCCCNC(=O)CCCCCNC(=O)CC. The van der Waals surface area contributed by atoms with Gasteiger partial charge in [0.15, 0.2) is 0 Å². The van der Waals surface area contributed by atoms with Crippen LogP contribution >= 0.6 is 0 Å². The van der Waals surface area contributed by atoms with Gasteiger partial charge in [-0.15, -0.1) is 0 Å². The van der Waals surface area contributed by atoms with Crippen LogP contribution in [-0.2, 0) is 14.4 Å². The van der Waals surface area contributed by atoms with Crippen LogP contribution in [0.3, 0.4) is 0 Å². The van der Waals surface area contributed by atoms with Crippen molar-refractivity contribution in [3.8, 4) is 0 Å². The van der Waals surface area contributed by atoms with Crippen LogP contribution in [0.5, 0.6) is 0 Å². The van der Waals surface area contributed by atoms with E-state index in [2.05, 4.69) is 16.0 Å². The maximum absolute atomic E-state index is 11.6. The fraction of sp³-hybridized carbons (Fsp3) is 0.833. The molecular weight excluding hydrogens is 306 g/mol. The van der Waals surface area contributed by atoms with Crippen LogP contribution in [0.25, 0.3) is 0 Å². The van der Waals surface area contributed by atoms with Crippen molar-refractivity contribution < 1.29 is 14.4 Å². The topological polar surface area (TPSA) is 87.3 Å². The molecule has 0 unspecified atom stereocenters. The zero-order chi connectivity index (χ0) is 18.0. The minimum Gasteiger partial charge on any atom is -0.356 e. The van der Waals surface area contributed by atoms with Crippen LogP contribution in [0.4, 0.5) is 0 Å². The molecule has 3 N–H and O–H groups in total. The molecule has 0 rings (SSSR count). The molecular formula is C18H35N3O3. The average Bonchev–Trinajstić information content (AvgIpc) is 2.58. The maximum Gasteiger partial charge on any atom is 0.219 e. The molecule has 0 radical (unpaired) electrons. The van der Waals surface area contributed by atoms with Gasteiger partial charge in [0.2, 0.25) is 17.7 Å². The molecule has 0 heterocycles. The molecule has 0 bridgehead atoms. The van der Waals surface area contributed by atoms with Crippen molar-refractivity contribution in [1.82, 2.24) is 16.0 Å². The van der Waals surface area contributed by atoms with E-state index in [1.807, 2.05) is 13.8 Å². The zero-order valence-corrected chi connectivity index (χ0v) is 15.4. The highest BCUT2D eigenvalue weighted by molar-refractivity contribution is 5.76. The molecule has 0 aromatic carbocycles. The summed E-state index contributed by atoms with van der Waals surface area (Å²) in [4.78, 5) is 34.1. The zero-order valence-electron chi connectivity index (χ0n) is 15.4. The normalized spacial score (nSPS) is 10.2. The van der Waals surface area contributed by atoms with Crippen LogP contribution < -0.4 is 16.0 Å². The van der Waals surface area contributed by atoms with Gasteiger partial charge in [0, 0.05) is 38.9 Å². The summed E-state index contributed by atoms with van der Waals surface area (Å²) in [6.45, 7) is 6.00. The Kier molecular flexibility index (Phi) is 15.2. The summed E-state index contributed by atoms with van der Waals surface area (Å²) in [5.41, 5.74) is 0. The molecule has 0 aromatic rings. The second-order valence-corrected chi connectivity index (χ2v) is 6.02. The summed E-state index contributed by atoms with van der Waals surface area (Å²) in [5.74, 6) is 0.292. The molecule has 0 saturated carbocycles. The number of carbonyl (C=O) groups is 3. The molecule has 3 amide bonds. The lowest BCUT2D eigenvalue weighted by Gasteiger charge is -2.06. The van der Waals surface area contributed by atoms with Gasteiger partial charge in [-0.3, -0.25) is 14.4 Å². The fourth-order valence-electron chi connectivity index (χ4n) is 2.20. The third-order valence-electron chi connectivity index (χ3n) is 3.70. The van der Waals surface area contributed by atoms with E-state index in [4.69, 9.17) is 0 Å². The van der Waals surface area contributed by atoms with E-state index in [0.717, 1.165) is 51.5 Å². The van der Waals surface area contributed by atoms with E-state index in [1.165, 1.54) is 0 Å². The number of rotatable bonds is 15. The largest absolute Gasteiger partial charge is 0.356 e. The van der Waals surface area contributed by atoms with Crippen molar-refractivity contribution in [1.29, 1.82) is 0 Å². The lowest BCUT2D eigenvalue weighted by atomic mass is 10.1. The molecule has 140 valence electrons. The smallest absolute Gasteiger partial charge is 0.219 e. The van der Waals surface area contributed by atoms with Crippen LogP contribution in [0.2, 0.25) is 0 Å². The maximum atomic E-state index is 11.6. The molecule has 0 saturated heterocycles. The summed E-state index contributed by atoms with van der Waals surface area (Å²) in [6.07, 6.45) is 8.05. The van der Waals surface area contributed by atoms with Crippen molar-refractivity contribution in [3.63, 3.8) is 0 Å².